The lowest BCUT2D eigenvalue weighted by molar-refractivity contribution is 0.00975. The molecule has 0 bridgehead atoms. The molecule has 120 valence electrons. The van der Waals surface area contributed by atoms with Crippen molar-refractivity contribution in [3.63, 3.8) is 0 Å². The van der Waals surface area contributed by atoms with Crippen LogP contribution in [0, 0.1) is 5.92 Å². The Bertz CT molecular complexity index is 553. The predicted molar refractivity (Wildman–Crippen MR) is 79.4 cm³/mol. The van der Waals surface area contributed by atoms with Gasteiger partial charge in [0.15, 0.2) is 0 Å². The first-order valence-electron chi connectivity index (χ1n) is 7.31. The summed E-state index contributed by atoms with van der Waals surface area (Å²) in [5.74, 6) is 1.17. The molecule has 1 atom stereocenters. The molecule has 21 heavy (non-hydrogen) atoms. The Morgan fingerprint density at radius 1 is 1.43 bits per heavy atom. The molecule has 1 aliphatic rings. The van der Waals surface area contributed by atoms with Crippen molar-refractivity contribution in [2.45, 2.75) is 38.5 Å². The van der Waals surface area contributed by atoms with Crippen molar-refractivity contribution in [3.05, 3.63) is 17.9 Å². The summed E-state index contributed by atoms with van der Waals surface area (Å²) in [6, 6.07) is 3.24. The molecule has 1 aliphatic heterocycles. The van der Waals surface area contributed by atoms with Gasteiger partial charge in [-0.05, 0) is 31.5 Å². The summed E-state index contributed by atoms with van der Waals surface area (Å²) in [5.41, 5.74) is 0. The largest absolute Gasteiger partial charge is 0.447 e. The zero-order chi connectivity index (χ0) is 15.5. The summed E-state index contributed by atoms with van der Waals surface area (Å²) in [6.07, 6.45) is -0.0873. The summed E-state index contributed by atoms with van der Waals surface area (Å²) in [4.78, 5) is 0. The minimum absolute atomic E-state index is 0.0120. The molecule has 2 heterocycles. The highest BCUT2D eigenvalue weighted by Gasteiger charge is 2.31. The topological polar surface area (TPSA) is 71.8 Å². The van der Waals surface area contributed by atoms with Crippen LogP contribution in [0.4, 0.5) is 0 Å². The van der Waals surface area contributed by atoms with Crippen molar-refractivity contribution >= 4 is 10.0 Å². The van der Waals surface area contributed by atoms with Crippen molar-refractivity contribution in [3.8, 4) is 0 Å². The first-order valence-corrected chi connectivity index (χ1v) is 8.75. The molecule has 7 heteroatoms. The molecule has 2 rings (SSSR count). The van der Waals surface area contributed by atoms with Crippen LogP contribution in [0.1, 0.15) is 26.5 Å². The van der Waals surface area contributed by atoms with Gasteiger partial charge in [0.1, 0.15) is 5.76 Å². The zero-order valence-corrected chi connectivity index (χ0v) is 13.6. The number of rotatable bonds is 6. The van der Waals surface area contributed by atoms with E-state index < -0.39 is 10.0 Å². The maximum absolute atomic E-state index is 12.5. The van der Waals surface area contributed by atoms with Crippen LogP contribution in [0.5, 0.6) is 0 Å². The fourth-order valence-electron chi connectivity index (χ4n) is 2.21. The second-order valence-corrected chi connectivity index (χ2v) is 7.66. The van der Waals surface area contributed by atoms with Gasteiger partial charge in [0.05, 0.1) is 19.3 Å². The molecule has 0 amide bonds. The van der Waals surface area contributed by atoms with Crippen LogP contribution in [0.3, 0.4) is 0 Å². The minimum atomic E-state index is -3.56. The number of sulfonamides is 1. The van der Waals surface area contributed by atoms with E-state index in [1.165, 1.54) is 10.4 Å². The van der Waals surface area contributed by atoms with Crippen molar-refractivity contribution < 1.29 is 17.6 Å². The third-order valence-corrected chi connectivity index (χ3v) is 5.03. The van der Waals surface area contributed by atoms with E-state index in [0.29, 0.717) is 37.9 Å². The number of hydrogen-bond donors (Lipinski definition) is 1. The van der Waals surface area contributed by atoms with E-state index in [2.05, 4.69) is 19.2 Å². The van der Waals surface area contributed by atoms with E-state index in [1.54, 1.807) is 6.07 Å². The Balaban J connectivity index is 2.02. The average Bonchev–Trinajstić information content (AvgIpc) is 2.88. The normalized spacial score (nSPS) is 21.0. The maximum atomic E-state index is 12.5. The van der Waals surface area contributed by atoms with Crippen molar-refractivity contribution in [1.82, 2.24) is 9.62 Å². The molecule has 0 radical (unpaired) electrons. The second kappa shape index (κ2) is 6.91. The fourth-order valence-corrected chi connectivity index (χ4v) is 3.64. The quantitative estimate of drug-likeness (QED) is 0.860. The van der Waals surface area contributed by atoms with Gasteiger partial charge in [0, 0.05) is 13.1 Å². The Morgan fingerprint density at radius 2 is 2.19 bits per heavy atom. The third-order valence-electron chi connectivity index (χ3n) is 3.29. The van der Waals surface area contributed by atoms with Crippen LogP contribution >= 0.6 is 0 Å². The predicted octanol–water partition coefficient (Wildman–Crippen LogP) is 1.43. The smallest absolute Gasteiger partial charge is 0.276 e. The van der Waals surface area contributed by atoms with Gasteiger partial charge in [0.2, 0.25) is 5.09 Å². The van der Waals surface area contributed by atoms with Gasteiger partial charge < -0.3 is 14.5 Å². The monoisotopic (exact) mass is 316 g/mol. The molecule has 0 spiro atoms. The SMILES string of the molecule is CC(C)CNCc1ccc(S(=O)(=O)N2CCOC(C)C2)o1. The molecular formula is C14H24N2O4S. The van der Waals surface area contributed by atoms with Crippen molar-refractivity contribution in [2.24, 2.45) is 5.92 Å². The highest BCUT2D eigenvalue weighted by Crippen LogP contribution is 2.21. The van der Waals surface area contributed by atoms with E-state index in [9.17, 15) is 8.42 Å². The molecule has 0 aromatic carbocycles. The molecule has 1 fully saturated rings. The Labute approximate surface area is 126 Å². The highest BCUT2D eigenvalue weighted by atomic mass is 32.2. The average molecular weight is 316 g/mol. The summed E-state index contributed by atoms with van der Waals surface area (Å²) in [5, 5.41) is 3.24. The van der Waals surface area contributed by atoms with E-state index in [4.69, 9.17) is 9.15 Å². The lowest BCUT2D eigenvalue weighted by atomic mass is 10.2. The van der Waals surface area contributed by atoms with E-state index in [-0.39, 0.29) is 11.2 Å². The maximum Gasteiger partial charge on any atom is 0.276 e. The lowest BCUT2D eigenvalue weighted by Crippen LogP contribution is -2.44. The number of hydrogen-bond acceptors (Lipinski definition) is 5. The van der Waals surface area contributed by atoms with Gasteiger partial charge in [-0.15, -0.1) is 0 Å². The zero-order valence-electron chi connectivity index (χ0n) is 12.8. The first-order chi connectivity index (χ1) is 9.89. The lowest BCUT2D eigenvalue weighted by Gasteiger charge is -2.29. The van der Waals surface area contributed by atoms with Crippen LogP contribution in [-0.4, -0.2) is 45.1 Å². The number of ether oxygens (including phenoxy) is 1. The molecule has 1 aromatic heterocycles. The molecule has 1 aromatic rings. The van der Waals surface area contributed by atoms with Crippen LogP contribution in [-0.2, 0) is 21.3 Å². The van der Waals surface area contributed by atoms with Gasteiger partial charge in [0.25, 0.3) is 10.0 Å². The Morgan fingerprint density at radius 3 is 2.86 bits per heavy atom. The Kier molecular flexibility index (Phi) is 5.43. The van der Waals surface area contributed by atoms with Crippen molar-refractivity contribution in [2.75, 3.05) is 26.2 Å². The van der Waals surface area contributed by atoms with Gasteiger partial charge in [-0.3, -0.25) is 0 Å². The van der Waals surface area contributed by atoms with E-state index >= 15 is 0 Å². The fraction of sp³-hybridized carbons (Fsp3) is 0.714. The number of furan rings is 1. The van der Waals surface area contributed by atoms with Gasteiger partial charge in [-0.2, -0.15) is 4.31 Å². The first kappa shape index (κ1) is 16.5. The third kappa shape index (κ3) is 4.29. The summed E-state index contributed by atoms with van der Waals surface area (Å²) in [7, 11) is -3.56. The number of nitrogens with one attached hydrogen (secondary N) is 1. The highest BCUT2D eigenvalue weighted by molar-refractivity contribution is 7.89. The second-order valence-electron chi connectivity index (χ2n) is 5.79. The van der Waals surface area contributed by atoms with Crippen LogP contribution in [0.25, 0.3) is 0 Å². The molecular weight excluding hydrogens is 292 g/mol. The van der Waals surface area contributed by atoms with E-state index in [0.717, 1.165) is 6.54 Å². The number of nitrogens with zero attached hydrogens (tertiary/aromatic N) is 1. The Hall–Kier alpha value is -0.890. The summed E-state index contributed by atoms with van der Waals surface area (Å²) < 4.78 is 37.2. The van der Waals surface area contributed by atoms with Crippen LogP contribution in [0.15, 0.2) is 21.6 Å². The van der Waals surface area contributed by atoms with Crippen molar-refractivity contribution in [1.29, 1.82) is 0 Å². The van der Waals surface area contributed by atoms with Crippen LogP contribution < -0.4 is 5.32 Å². The summed E-state index contributed by atoms with van der Waals surface area (Å²) >= 11 is 0. The van der Waals surface area contributed by atoms with Crippen LogP contribution in [0.2, 0.25) is 0 Å². The molecule has 0 saturated carbocycles. The van der Waals surface area contributed by atoms with Gasteiger partial charge in [-0.1, -0.05) is 13.8 Å². The molecule has 1 saturated heterocycles. The number of morpholine rings is 1. The minimum Gasteiger partial charge on any atom is -0.447 e. The molecule has 1 N–H and O–H groups in total. The van der Waals surface area contributed by atoms with Gasteiger partial charge >= 0.3 is 0 Å². The molecule has 0 aliphatic carbocycles. The summed E-state index contributed by atoms with van der Waals surface area (Å²) in [6.45, 7) is 8.65. The molecule has 1 unspecified atom stereocenters. The molecule has 6 nitrogen and oxygen atoms in total. The van der Waals surface area contributed by atoms with Gasteiger partial charge in [-0.25, -0.2) is 8.42 Å². The standard InChI is InChI=1S/C14H24N2O4S/c1-11(2)8-15-9-13-4-5-14(20-13)21(17,18)16-6-7-19-12(3)10-16/h4-5,11-12,15H,6-10H2,1-3H3. The van der Waals surface area contributed by atoms with E-state index in [1.807, 2.05) is 6.92 Å².